The Morgan fingerprint density at radius 3 is 2.28 bits per heavy atom. The molecule has 12 heteroatoms. The Bertz CT molecular complexity index is 940. The van der Waals surface area contributed by atoms with Gasteiger partial charge in [0.1, 0.15) is 17.9 Å². The number of nitrogens with zero attached hydrogens (tertiary/aromatic N) is 2. The van der Waals surface area contributed by atoms with Crippen molar-refractivity contribution in [2.45, 2.75) is 11.7 Å². The third-order valence-corrected chi connectivity index (χ3v) is 5.15. The minimum Gasteiger partial charge on any atom is -0.480 e. The first-order valence-electron chi connectivity index (χ1n) is 9.16. The monoisotopic (exact) mass is 470 g/mol. The number of carboxylic acid groups (broad SMARTS) is 2. The van der Waals surface area contributed by atoms with Crippen LogP contribution in [0.3, 0.4) is 0 Å². The highest BCUT2D eigenvalue weighted by atomic mass is 32.2. The molecule has 4 N–H and O–H groups in total. The molecule has 1 unspecified atom stereocenters. The van der Waals surface area contributed by atoms with Gasteiger partial charge < -0.3 is 20.4 Å². The van der Waals surface area contributed by atoms with E-state index in [4.69, 9.17) is 10.2 Å². The minimum atomic E-state index is -4.43. The van der Waals surface area contributed by atoms with Gasteiger partial charge >= 0.3 is 18.1 Å². The van der Waals surface area contributed by atoms with Crippen LogP contribution in [-0.4, -0.2) is 57.7 Å². The zero-order valence-electron chi connectivity index (χ0n) is 16.8. The average molecular weight is 470 g/mol. The second-order valence-electron chi connectivity index (χ2n) is 6.42. The summed E-state index contributed by atoms with van der Waals surface area (Å²) in [5, 5.41) is 24.3. The molecule has 0 saturated carbocycles. The third-order valence-electron chi connectivity index (χ3n) is 4.05. The van der Waals surface area contributed by atoms with Gasteiger partial charge in [0.25, 0.3) is 0 Å². The van der Waals surface area contributed by atoms with Gasteiger partial charge in [0.15, 0.2) is 0 Å². The van der Waals surface area contributed by atoms with E-state index >= 15 is 0 Å². The zero-order valence-corrected chi connectivity index (χ0v) is 17.7. The van der Waals surface area contributed by atoms with Crippen molar-refractivity contribution in [2.24, 2.45) is 0 Å². The molecule has 1 aliphatic heterocycles. The predicted octanol–water partition coefficient (Wildman–Crippen LogP) is 3.22. The Balaban J connectivity index is 0.000000229. The van der Waals surface area contributed by atoms with Gasteiger partial charge in [-0.05, 0) is 23.1 Å². The van der Waals surface area contributed by atoms with Crippen molar-refractivity contribution < 1.29 is 33.0 Å². The summed E-state index contributed by atoms with van der Waals surface area (Å²) in [4.78, 5) is 26.1. The van der Waals surface area contributed by atoms with Gasteiger partial charge in [-0.2, -0.15) is 13.2 Å². The molecule has 1 aromatic heterocycles. The van der Waals surface area contributed by atoms with Gasteiger partial charge in [-0.1, -0.05) is 42.1 Å². The molecule has 8 nitrogen and oxygen atoms in total. The highest BCUT2D eigenvalue weighted by Crippen LogP contribution is 2.33. The summed E-state index contributed by atoms with van der Waals surface area (Å²) >= 11 is 1.58. The van der Waals surface area contributed by atoms with Crippen LogP contribution in [0.5, 0.6) is 0 Å². The molecule has 2 aromatic rings. The number of hydrogen-bond donors (Lipinski definition) is 4. The van der Waals surface area contributed by atoms with E-state index in [1.54, 1.807) is 11.8 Å². The second kappa shape index (κ2) is 11.4. The molecule has 2 heterocycles. The smallest absolute Gasteiger partial charge is 0.417 e. The minimum absolute atomic E-state index is 0.0127. The maximum atomic E-state index is 12.1. The predicted molar refractivity (Wildman–Crippen MR) is 115 cm³/mol. The van der Waals surface area contributed by atoms with Crippen molar-refractivity contribution in [3.05, 3.63) is 65.2 Å². The third kappa shape index (κ3) is 7.78. The number of benzene rings is 1. The molecule has 32 heavy (non-hydrogen) atoms. The second-order valence-corrected chi connectivity index (χ2v) is 7.37. The molecular formula is C20H21F3N4O4S. The van der Waals surface area contributed by atoms with Crippen molar-refractivity contribution in [3.63, 3.8) is 0 Å². The first-order chi connectivity index (χ1) is 15.1. The van der Waals surface area contributed by atoms with E-state index in [9.17, 15) is 22.8 Å². The number of alkyl halides is 3. The zero-order chi connectivity index (χ0) is 23.7. The molecule has 0 saturated heterocycles. The van der Waals surface area contributed by atoms with E-state index in [-0.39, 0.29) is 17.9 Å². The molecule has 3 rings (SSSR count). The topological polar surface area (TPSA) is 115 Å². The lowest BCUT2D eigenvalue weighted by Crippen LogP contribution is -2.39. The molecule has 1 aliphatic rings. The number of thioether (sulfide) groups is 1. The van der Waals surface area contributed by atoms with Crippen LogP contribution in [-0.2, 0) is 15.8 Å². The van der Waals surface area contributed by atoms with Crippen molar-refractivity contribution in [3.8, 4) is 0 Å². The van der Waals surface area contributed by atoms with E-state index in [1.807, 2.05) is 42.3 Å². The standard InChI is InChI=1S/C12H14N2O2S.C8H7F3N2O2/c1-14-10(9-5-3-2-4-6-9)8-17-12(14)13-7-11(15)16;9-8(10,11)5-1-2-6(12-3-5)13-4-7(14)15/h2-6,8,12-13H,7H2,1H3,(H,15,16);1-3H,4H2,(H,12,13)(H,14,15). The van der Waals surface area contributed by atoms with Crippen molar-refractivity contribution in [2.75, 3.05) is 25.5 Å². The summed E-state index contributed by atoms with van der Waals surface area (Å²) in [5.74, 6) is -1.87. The Morgan fingerprint density at radius 2 is 1.75 bits per heavy atom. The number of aromatic nitrogens is 1. The summed E-state index contributed by atoms with van der Waals surface area (Å²) in [6.07, 6.45) is -3.79. The van der Waals surface area contributed by atoms with Crippen LogP contribution in [0.1, 0.15) is 11.1 Å². The summed E-state index contributed by atoms with van der Waals surface area (Å²) < 4.78 is 36.2. The molecule has 0 spiro atoms. The van der Waals surface area contributed by atoms with E-state index in [1.165, 1.54) is 0 Å². The summed E-state index contributed by atoms with van der Waals surface area (Å²) in [6.45, 7) is -0.420. The number of aliphatic carboxylic acids is 2. The van der Waals surface area contributed by atoms with E-state index in [2.05, 4.69) is 21.0 Å². The van der Waals surface area contributed by atoms with Crippen LogP contribution in [0.2, 0.25) is 0 Å². The van der Waals surface area contributed by atoms with Gasteiger partial charge in [0.05, 0.1) is 17.8 Å². The van der Waals surface area contributed by atoms with E-state index in [0.29, 0.717) is 6.20 Å². The lowest BCUT2D eigenvalue weighted by molar-refractivity contribution is -0.138. The molecule has 0 bridgehead atoms. The fourth-order valence-corrected chi connectivity index (χ4v) is 3.54. The van der Waals surface area contributed by atoms with E-state index < -0.39 is 30.2 Å². The molecular weight excluding hydrogens is 449 g/mol. The number of hydrogen-bond acceptors (Lipinski definition) is 7. The van der Waals surface area contributed by atoms with Crippen LogP contribution in [0.25, 0.3) is 5.70 Å². The molecule has 0 aliphatic carbocycles. The number of anilines is 1. The van der Waals surface area contributed by atoms with Gasteiger partial charge in [0.2, 0.25) is 0 Å². The van der Waals surface area contributed by atoms with Gasteiger partial charge in [0, 0.05) is 13.2 Å². The van der Waals surface area contributed by atoms with E-state index in [0.717, 1.165) is 23.4 Å². The largest absolute Gasteiger partial charge is 0.480 e. The summed E-state index contributed by atoms with van der Waals surface area (Å²) in [6, 6.07) is 12.0. The number of rotatable bonds is 7. The maximum absolute atomic E-state index is 12.1. The molecule has 172 valence electrons. The van der Waals surface area contributed by atoms with Gasteiger partial charge in [-0.15, -0.1) is 0 Å². The van der Waals surface area contributed by atoms with Crippen LogP contribution in [0.4, 0.5) is 19.0 Å². The van der Waals surface area contributed by atoms with Crippen LogP contribution in [0, 0.1) is 0 Å². The SMILES string of the molecule is CN1C(c2ccccc2)=CSC1NCC(=O)O.O=C(O)CNc1ccc(C(F)(F)F)cn1. The molecule has 1 aromatic carbocycles. The molecule has 0 radical (unpaired) electrons. The lowest BCUT2D eigenvalue weighted by atomic mass is 10.2. The first-order valence-corrected chi connectivity index (χ1v) is 10.1. The van der Waals surface area contributed by atoms with Crippen LogP contribution in [0.15, 0.2) is 54.1 Å². The fraction of sp³-hybridized carbons (Fsp3) is 0.250. The number of carboxylic acids is 2. The Kier molecular flexibility index (Phi) is 8.91. The number of halogens is 3. The first kappa shape index (κ1) is 25.0. The lowest BCUT2D eigenvalue weighted by Gasteiger charge is -2.24. The summed E-state index contributed by atoms with van der Waals surface area (Å²) in [7, 11) is 1.96. The Hall–Kier alpha value is -3.25. The van der Waals surface area contributed by atoms with Crippen molar-refractivity contribution in [1.82, 2.24) is 15.2 Å². The van der Waals surface area contributed by atoms with Crippen LogP contribution >= 0.6 is 11.8 Å². The molecule has 0 amide bonds. The molecule has 1 atom stereocenters. The van der Waals surface area contributed by atoms with Crippen molar-refractivity contribution >= 4 is 35.2 Å². The normalized spacial score (nSPS) is 15.4. The number of nitrogens with one attached hydrogen (secondary N) is 2. The van der Waals surface area contributed by atoms with Gasteiger partial charge in [-0.25, -0.2) is 4.98 Å². The Morgan fingerprint density at radius 1 is 1.09 bits per heavy atom. The van der Waals surface area contributed by atoms with Crippen LogP contribution < -0.4 is 10.6 Å². The maximum Gasteiger partial charge on any atom is 0.417 e. The molecule has 0 fully saturated rings. The average Bonchev–Trinajstić information content (AvgIpc) is 3.12. The number of pyridine rings is 1. The highest BCUT2D eigenvalue weighted by molar-refractivity contribution is 8.03. The van der Waals surface area contributed by atoms with Crippen molar-refractivity contribution in [1.29, 1.82) is 0 Å². The quantitative estimate of drug-likeness (QED) is 0.484. The Labute approximate surface area is 186 Å². The summed E-state index contributed by atoms with van der Waals surface area (Å²) in [5.41, 5.74) is 1.37. The number of carbonyl (C=O) groups is 2. The fourth-order valence-electron chi connectivity index (χ4n) is 2.50. The highest BCUT2D eigenvalue weighted by Gasteiger charge is 2.30. The van der Waals surface area contributed by atoms with Gasteiger partial charge in [-0.3, -0.25) is 14.9 Å².